The molecule has 0 unspecified atom stereocenters. The summed E-state index contributed by atoms with van der Waals surface area (Å²) in [6, 6.07) is 9.24. The highest BCUT2D eigenvalue weighted by atomic mass is 32.2. The molecule has 4 nitrogen and oxygen atoms in total. The molecule has 0 saturated heterocycles. The third-order valence-electron chi connectivity index (χ3n) is 3.37. The van der Waals surface area contributed by atoms with Crippen molar-refractivity contribution in [3.63, 3.8) is 0 Å². The summed E-state index contributed by atoms with van der Waals surface area (Å²) in [6.07, 6.45) is 0. The monoisotopic (exact) mass is 324 g/mol. The van der Waals surface area contributed by atoms with Gasteiger partial charge in [-0.15, -0.1) is 11.3 Å². The molecular formula is C15H20N2O2S2. The van der Waals surface area contributed by atoms with Gasteiger partial charge in [0.2, 0.25) is 10.0 Å². The summed E-state index contributed by atoms with van der Waals surface area (Å²) < 4.78 is 27.2. The topological polar surface area (TPSA) is 63.4 Å². The van der Waals surface area contributed by atoms with Gasteiger partial charge in [0, 0.05) is 24.5 Å². The van der Waals surface area contributed by atoms with E-state index in [4.69, 9.17) is 5.73 Å². The molecule has 0 saturated carbocycles. The molecule has 2 aromatic rings. The third-order valence-corrected chi connectivity index (χ3v) is 6.30. The number of nitrogens with zero attached hydrogens (tertiary/aromatic N) is 1. The quantitative estimate of drug-likeness (QED) is 0.888. The fourth-order valence-corrected chi connectivity index (χ4v) is 4.64. The maximum atomic E-state index is 12.9. The number of sulfonamides is 1. The Morgan fingerprint density at radius 3 is 2.62 bits per heavy atom. The minimum Gasteiger partial charge on any atom is -0.326 e. The van der Waals surface area contributed by atoms with Crippen LogP contribution in [-0.2, 0) is 23.1 Å². The van der Waals surface area contributed by atoms with Crippen LogP contribution in [0.4, 0.5) is 0 Å². The Labute approximate surface area is 130 Å². The molecule has 114 valence electrons. The molecule has 0 amide bonds. The zero-order chi connectivity index (χ0) is 15.5. The predicted octanol–water partition coefficient (Wildman–Crippen LogP) is 2.73. The van der Waals surface area contributed by atoms with Crippen molar-refractivity contribution in [2.24, 2.45) is 5.73 Å². The summed E-state index contributed by atoms with van der Waals surface area (Å²) in [7, 11) is -3.51. The SMILES string of the molecule is CCN(Cc1cccs1)S(=O)(=O)c1cc(CN)ccc1C. The fourth-order valence-electron chi connectivity index (χ4n) is 2.13. The smallest absolute Gasteiger partial charge is 0.243 e. The highest BCUT2D eigenvalue weighted by Crippen LogP contribution is 2.24. The van der Waals surface area contributed by atoms with Crippen molar-refractivity contribution in [2.75, 3.05) is 6.54 Å². The van der Waals surface area contributed by atoms with Gasteiger partial charge in [-0.3, -0.25) is 0 Å². The van der Waals surface area contributed by atoms with Crippen molar-refractivity contribution in [1.82, 2.24) is 4.31 Å². The number of hydrogen-bond donors (Lipinski definition) is 1. The van der Waals surface area contributed by atoms with Crippen molar-refractivity contribution in [3.8, 4) is 0 Å². The van der Waals surface area contributed by atoms with E-state index in [1.54, 1.807) is 17.4 Å². The summed E-state index contributed by atoms with van der Waals surface area (Å²) in [5.41, 5.74) is 7.20. The molecule has 0 atom stereocenters. The Morgan fingerprint density at radius 1 is 1.29 bits per heavy atom. The average Bonchev–Trinajstić information content (AvgIpc) is 2.98. The van der Waals surface area contributed by atoms with Crippen LogP contribution in [0.2, 0.25) is 0 Å². The van der Waals surface area contributed by atoms with Gasteiger partial charge in [-0.05, 0) is 35.6 Å². The highest BCUT2D eigenvalue weighted by Gasteiger charge is 2.25. The second-order valence-corrected chi connectivity index (χ2v) is 7.75. The van der Waals surface area contributed by atoms with Crippen LogP contribution in [-0.4, -0.2) is 19.3 Å². The molecule has 2 N–H and O–H groups in total. The fraction of sp³-hybridized carbons (Fsp3) is 0.333. The van der Waals surface area contributed by atoms with E-state index in [0.717, 1.165) is 16.0 Å². The first-order valence-electron chi connectivity index (χ1n) is 6.81. The van der Waals surface area contributed by atoms with Gasteiger partial charge in [0.25, 0.3) is 0 Å². The number of rotatable bonds is 6. The van der Waals surface area contributed by atoms with E-state index in [1.165, 1.54) is 4.31 Å². The largest absolute Gasteiger partial charge is 0.326 e. The molecule has 0 spiro atoms. The van der Waals surface area contributed by atoms with Crippen LogP contribution in [0.3, 0.4) is 0 Å². The lowest BCUT2D eigenvalue weighted by atomic mass is 10.1. The van der Waals surface area contributed by atoms with Crippen molar-refractivity contribution in [2.45, 2.75) is 31.8 Å². The molecule has 1 aromatic heterocycles. The second-order valence-electron chi connectivity index (χ2n) is 4.81. The van der Waals surface area contributed by atoms with Crippen molar-refractivity contribution in [1.29, 1.82) is 0 Å². The molecule has 6 heteroatoms. The molecule has 1 heterocycles. The van der Waals surface area contributed by atoms with Crippen molar-refractivity contribution < 1.29 is 8.42 Å². The minimum atomic E-state index is -3.51. The van der Waals surface area contributed by atoms with Crippen LogP contribution in [0.1, 0.15) is 22.9 Å². The number of thiophene rings is 1. The first kappa shape index (κ1) is 16.2. The summed E-state index contributed by atoms with van der Waals surface area (Å²) in [4.78, 5) is 1.39. The van der Waals surface area contributed by atoms with E-state index >= 15 is 0 Å². The van der Waals surface area contributed by atoms with E-state index in [1.807, 2.05) is 43.5 Å². The average molecular weight is 324 g/mol. The van der Waals surface area contributed by atoms with Crippen molar-refractivity contribution in [3.05, 3.63) is 51.7 Å². The van der Waals surface area contributed by atoms with Crippen LogP contribution in [0.5, 0.6) is 0 Å². The third kappa shape index (κ3) is 3.52. The summed E-state index contributed by atoms with van der Waals surface area (Å²) in [5, 5.41) is 1.95. The number of benzene rings is 1. The van der Waals surface area contributed by atoms with Crippen molar-refractivity contribution >= 4 is 21.4 Å². The lowest BCUT2D eigenvalue weighted by Crippen LogP contribution is -2.30. The Bertz CT molecular complexity index is 694. The Kier molecular flexibility index (Phi) is 5.16. The highest BCUT2D eigenvalue weighted by molar-refractivity contribution is 7.89. The number of nitrogens with two attached hydrogens (primary N) is 1. The molecule has 0 bridgehead atoms. The second kappa shape index (κ2) is 6.70. The van der Waals surface area contributed by atoms with Gasteiger partial charge in [-0.2, -0.15) is 4.31 Å². The maximum absolute atomic E-state index is 12.9. The molecule has 0 aliphatic rings. The van der Waals surface area contributed by atoms with Gasteiger partial charge < -0.3 is 5.73 Å². The summed E-state index contributed by atoms with van der Waals surface area (Å²) >= 11 is 1.56. The predicted molar refractivity (Wildman–Crippen MR) is 86.7 cm³/mol. The van der Waals surface area contributed by atoms with Gasteiger partial charge >= 0.3 is 0 Å². The molecular weight excluding hydrogens is 304 g/mol. The first-order valence-corrected chi connectivity index (χ1v) is 9.13. The molecule has 2 rings (SSSR count). The van der Waals surface area contributed by atoms with Gasteiger partial charge in [0.15, 0.2) is 0 Å². The van der Waals surface area contributed by atoms with E-state index in [-0.39, 0.29) is 0 Å². The Balaban J connectivity index is 2.39. The summed E-state index contributed by atoms with van der Waals surface area (Å²) in [5.74, 6) is 0. The van der Waals surface area contributed by atoms with E-state index in [2.05, 4.69) is 0 Å². The van der Waals surface area contributed by atoms with Crippen LogP contribution in [0.25, 0.3) is 0 Å². The normalized spacial score (nSPS) is 12.0. The first-order chi connectivity index (χ1) is 9.98. The van der Waals surface area contributed by atoms with Crippen LogP contribution in [0.15, 0.2) is 40.6 Å². The Morgan fingerprint density at radius 2 is 2.05 bits per heavy atom. The van der Waals surface area contributed by atoms with Gasteiger partial charge in [0.1, 0.15) is 0 Å². The standard InChI is InChI=1S/C15H20N2O2S2/c1-3-17(11-14-5-4-8-20-14)21(18,19)15-9-13(10-16)7-6-12(15)2/h4-9H,3,10-11,16H2,1-2H3. The zero-order valence-electron chi connectivity index (χ0n) is 12.2. The Hall–Kier alpha value is -1.21. The minimum absolute atomic E-state index is 0.333. The molecule has 0 aliphatic carbocycles. The van der Waals surface area contributed by atoms with Gasteiger partial charge in [-0.1, -0.05) is 25.1 Å². The molecule has 1 aromatic carbocycles. The van der Waals surface area contributed by atoms with E-state index in [9.17, 15) is 8.42 Å². The summed E-state index contributed by atoms with van der Waals surface area (Å²) in [6.45, 7) is 4.84. The molecule has 0 aliphatic heterocycles. The number of aryl methyl sites for hydroxylation is 1. The number of hydrogen-bond acceptors (Lipinski definition) is 4. The van der Waals surface area contributed by atoms with Gasteiger partial charge in [0.05, 0.1) is 4.90 Å². The lowest BCUT2D eigenvalue weighted by Gasteiger charge is -2.21. The zero-order valence-corrected chi connectivity index (χ0v) is 13.9. The van der Waals surface area contributed by atoms with E-state index in [0.29, 0.717) is 24.5 Å². The molecule has 0 fully saturated rings. The molecule has 0 radical (unpaired) electrons. The van der Waals surface area contributed by atoms with Crippen LogP contribution in [0, 0.1) is 6.92 Å². The van der Waals surface area contributed by atoms with E-state index < -0.39 is 10.0 Å². The van der Waals surface area contributed by atoms with Crippen LogP contribution < -0.4 is 5.73 Å². The van der Waals surface area contributed by atoms with Crippen LogP contribution >= 0.6 is 11.3 Å². The lowest BCUT2D eigenvalue weighted by molar-refractivity contribution is 0.426. The maximum Gasteiger partial charge on any atom is 0.243 e. The van der Waals surface area contributed by atoms with Gasteiger partial charge in [-0.25, -0.2) is 8.42 Å². The molecule has 21 heavy (non-hydrogen) atoms.